The summed E-state index contributed by atoms with van der Waals surface area (Å²) in [5, 5.41) is 21.7. The van der Waals surface area contributed by atoms with Crippen molar-refractivity contribution in [2.45, 2.75) is 83.0 Å². The van der Waals surface area contributed by atoms with Gasteiger partial charge >= 0.3 is 0 Å². The number of fused-ring (bicyclic) bond motifs is 1. The minimum Gasteiger partial charge on any atom is -0.396 e. The molecule has 4 aliphatic rings. The first-order chi connectivity index (χ1) is 10.7. The zero-order valence-electron chi connectivity index (χ0n) is 14.9. The Morgan fingerprint density at radius 3 is 2.61 bits per heavy atom. The second kappa shape index (κ2) is 4.42. The highest BCUT2D eigenvalue weighted by atomic mass is 16.6. The third kappa shape index (κ3) is 1.72. The maximum Gasteiger partial charge on any atom is 0.129 e. The van der Waals surface area contributed by atoms with E-state index in [1.54, 1.807) is 0 Å². The van der Waals surface area contributed by atoms with Crippen molar-refractivity contribution in [2.24, 2.45) is 22.2 Å². The molecule has 3 nitrogen and oxygen atoms in total. The Morgan fingerprint density at radius 1 is 1.22 bits per heavy atom. The van der Waals surface area contributed by atoms with Crippen LogP contribution in [0.5, 0.6) is 0 Å². The number of hydrogen-bond donors (Lipinski definition) is 2. The van der Waals surface area contributed by atoms with Gasteiger partial charge in [-0.3, -0.25) is 0 Å². The van der Waals surface area contributed by atoms with Crippen molar-refractivity contribution in [3.8, 4) is 0 Å². The number of hydrogen-bond acceptors (Lipinski definition) is 3. The topological polar surface area (TPSA) is 53.0 Å². The van der Waals surface area contributed by atoms with Crippen molar-refractivity contribution in [1.29, 1.82) is 0 Å². The molecule has 0 aromatic carbocycles. The van der Waals surface area contributed by atoms with Gasteiger partial charge in [-0.15, -0.1) is 6.58 Å². The van der Waals surface area contributed by atoms with Gasteiger partial charge in [0, 0.05) is 12.0 Å². The molecule has 1 saturated heterocycles. The zero-order valence-corrected chi connectivity index (χ0v) is 14.9. The van der Waals surface area contributed by atoms with Crippen LogP contribution < -0.4 is 0 Å². The van der Waals surface area contributed by atoms with Crippen LogP contribution in [0.15, 0.2) is 12.7 Å². The standard InChI is InChI=1S/C20H32O3/c1-5-16(2)11-15-20(23-15)18(4)9-6-8-17(3,13-21)14(18)7-10-19(20,22)12-16/h5,14-15,21-22H,1,6-13H2,2-4H3/t14-,15+,16+,17-,18-,19-,20-/m0/s1. The van der Waals surface area contributed by atoms with Gasteiger partial charge in [0.25, 0.3) is 0 Å². The molecule has 130 valence electrons. The van der Waals surface area contributed by atoms with Gasteiger partial charge in [-0.05, 0) is 55.3 Å². The van der Waals surface area contributed by atoms with Crippen LogP contribution in [-0.4, -0.2) is 34.1 Å². The van der Waals surface area contributed by atoms with E-state index < -0.39 is 5.60 Å². The SMILES string of the molecule is C=C[C@]1(C)C[C@H]2O[C@@]23[C@](O)(CC[C@H]2[C@](C)(CO)CCC[C@@]23C)C1. The van der Waals surface area contributed by atoms with Crippen LogP contribution in [-0.2, 0) is 4.74 Å². The highest BCUT2D eigenvalue weighted by Crippen LogP contribution is 2.75. The molecule has 0 aromatic heterocycles. The predicted molar refractivity (Wildman–Crippen MR) is 90.0 cm³/mol. The molecular weight excluding hydrogens is 288 g/mol. The van der Waals surface area contributed by atoms with E-state index in [2.05, 4.69) is 27.4 Å². The maximum atomic E-state index is 11.7. The predicted octanol–water partition coefficient (Wildman–Crippen LogP) is 3.44. The zero-order chi connectivity index (χ0) is 16.7. The number of allylic oxidation sites excluding steroid dienone is 1. The van der Waals surface area contributed by atoms with Gasteiger partial charge in [-0.1, -0.05) is 33.3 Å². The molecule has 3 aliphatic carbocycles. The van der Waals surface area contributed by atoms with Gasteiger partial charge in [0.05, 0.1) is 11.7 Å². The highest BCUT2D eigenvalue weighted by molar-refractivity contribution is 5.32. The van der Waals surface area contributed by atoms with Crippen molar-refractivity contribution < 1.29 is 14.9 Å². The van der Waals surface area contributed by atoms with Crippen LogP contribution >= 0.6 is 0 Å². The largest absolute Gasteiger partial charge is 0.396 e. The van der Waals surface area contributed by atoms with Crippen LogP contribution in [0.3, 0.4) is 0 Å². The minimum atomic E-state index is -0.738. The van der Waals surface area contributed by atoms with E-state index in [1.165, 1.54) is 0 Å². The molecule has 1 heterocycles. The summed E-state index contributed by atoms with van der Waals surface area (Å²) in [6.07, 6.45) is 9.01. The lowest BCUT2D eigenvalue weighted by atomic mass is 9.41. The third-order valence-electron chi connectivity index (χ3n) is 8.37. The second-order valence-corrected chi connectivity index (χ2v) is 9.79. The van der Waals surface area contributed by atoms with Gasteiger partial charge in [-0.2, -0.15) is 0 Å². The normalized spacial score (nSPS) is 61.1. The van der Waals surface area contributed by atoms with Crippen molar-refractivity contribution in [2.75, 3.05) is 6.61 Å². The fourth-order valence-corrected chi connectivity index (χ4v) is 7.20. The van der Waals surface area contributed by atoms with Gasteiger partial charge in [0.2, 0.25) is 0 Å². The fourth-order valence-electron chi connectivity index (χ4n) is 7.20. The van der Waals surface area contributed by atoms with Crippen LogP contribution in [0, 0.1) is 22.2 Å². The monoisotopic (exact) mass is 320 g/mol. The van der Waals surface area contributed by atoms with Crippen molar-refractivity contribution in [1.82, 2.24) is 0 Å². The van der Waals surface area contributed by atoms with E-state index in [4.69, 9.17) is 4.74 Å². The summed E-state index contributed by atoms with van der Waals surface area (Å²) in [5.74, 6) is 0.437. The van der Waals surface area contributed by atoms with E-state index in [0.717, 1.165) is 44.9 Å². The number of epoxide rings is 1. The number of aliphatic hydroxyl groups excluding tert-OH is 1. The average molecular weight is 320 g/mol. The minimum absolute atomic E-state index is 0.0249. The lowest BCUT2D eigenvalue weighted by Gasteiger charge is -2.63. The second-order valence-electron chi connectivity index (χ2n) is 9.79. The summed E-state index contributed by atoms with van der Waals surface area (Å²) in [7, 11) is 0. The molecule has 23 heavy (non-hydrogen) atoms. The molecule has 4 rings (SSSR count). The Bertz CT molecular complexity index is 547. The Labute approximate surface area is 140 Å². The first kappa shape index (κ1) is 16.1. The first-order valence-electron chi connectivity index (χ1n) is 9.33. The average Bonchev–Trinajstić information content (AvgIpc) is 3.22. The van der Waals surface area contributed by atoms with Crippen LogP contribution in [0.25, 0.3) is 0 Å². The molecule has 3 heteroatoms. The van der Waals surface area contributed by atoms with Crippen molar-refractivity contribution in [3.63, 3.8) is 0 Å². The Morgan fingerprint density at radius 2 is 1.96 bits per heavy atom. The molecule has 1 spiro atoms. The van der Waals surface area contributed by atoms with Crippen molar-refractivity contribution >= 4 is 0 Å². The molecule has 2 N–H and O–H groups in total. The fraction of sp³-hybridized carbons (Fsp3) is 0.900. The number of aliphatic hydroxyl groups is 2. The smallest absolute Gasteiger partial charge is 0.129 e. The van der Waals surface area contributed by atoms with Crippen molar-refractivity contribution in [3.05, 3.63) is 12.7 Å². The first-order valence-corrected chi connectivity index (χ1v) is 9.33. The lowest BCUT2D eigenvalue weighted by molar-refractivity contribution is -0.208. The Balaban J connectivity index is 1.77. The summed E-state index contributed by atoms with van der Waals surface area (Å²) in [5.41, 5.74) is -1.21. The molecule has 0 aromatic rings. The van der Waals surface area contributed by atoms with Gasteiger partial charge in [-0.25, -0.2) is 0 Å². The summed E-state index contributed by atoms with van der Waals surface area (Å²) in [6.45, 7) is 11.0. The molecular formula is C20H32O3. The number of rotatable bonds is 2. The summed E-state index contributed by atoms with van der Waals surface area (Å²) < 4.78 is 6.40. The highest BCUT2D eigenvalue weighted by Gasteiger charge is 2.82. The van der Waals surface area contributed by atoms with Crippen LogP contribution in [0.4, 0.5) is 0 Å². The van der Waals surface area contributed by atoms with E-state index in [-0.39, 0.29) is 34.6 Å². The van der Waals surface area contributed by atoms with E-state index in [0.29, 0.717) is 5.92 Å². The molecule has 1 aliphatic heterocycles. The molecule has 0 radical (unpaired) electrons. The van der Waals surface area contributed by atoms with Gasteiger partial charge < -0.3 is 14.9 Å². The molecule has 0 amide bonds. The molecule has 0 unspecified atom stereocenters. The maximum absolute atomic E-state index is 11.7. The Hall–Kier alpha value is -0.380. The summed E-state index contributed by atoms with van der Waals surface area (Å²) in [6, 6.07) is 0. The third-order valence-corrected chi connectivity index (χ3v) is 8.37. The van der Waals surface area contributed by atoms with Crippen LogP contribution in [0.1, 0.15) is 65.7 Å². The molecule has 4 fully saturated rings. The number of ether oxygens (including phenoxy) is 1. The molecule has 0 bridgehead atoms. The van der Waals surface area contributed by atoms with E-state index in [9.17, 15) is 10.2 Å². The molecule has 3 saturated carbocycles. The quantitative estimate of drug-likeness (QED) is 0.605. The molecule has 7 atom stereocenters. The van der Waals surface area contributed by atoms with Gasteiger partial charge in [0.15, 0.2) is 0 Å². The lowest BCUT2D eigenvalue weighted by Crippen LogP contribution is -2.68. The van der Waals surface area contributed by atoms with E-state index in [1.807, 2.05) is 6.08 Å². The van der Waals surface area contributed by atoms with Crippen LogP contribution in [0.2, 0.25) is 0 Å². The summed E-state index contributed by atoms with van der Waals surface area (Å²) >= 11 is 0. The summed E-state index contributed by atoms with van der Waals surface area (Å²) in [4.78, 5) is 0. The van der Waals surface area contributed by atoms with E-state index >= 15 is 0 Å². The van der Waals surface area contributed by atoms with Gasteiger partial charge in [0.1, 0.15) is 5.60 Å². The Kier molecular flexibility index (Phi) is 3.09.